The fraction of sp³-hybridized carbons (Fsp3) is 0.222. The molecule has 0 heterocycles. The Kier molecular flexibility index (Phi) is 5.15. The summed E-state index contributed by atoms with van der Waals surface area (Å²) < 4.78 is 37.7. The summed E-state index contributed by atoms with van der Waals surface area (Å²) in [5.74, 6) is -0.552. The third kappa shape index (κ3) is 4.17. The van der Waals surface area contributed by atoms with Crippen molar-refractivity contribution in [3.8, 4) is 0 Å². The van der Waals surface area contributed by atoms with Crippen LogP contribution in [0.15, 0.2) is 48.5 Å². The highest BCUT2D eigenvalue weighted by Gasteiger charge is 2.30. The SMILES string of the molecule is CC(=O)N(C)c1ccc(N(C)C(=O)c2ccc(C(F)(F)F)cc2)cc1. The molecule has 2 rings (SSSR count). The number of amides is 2. The van der Waals surface area contributed by atoms with Crippen LogP contribution in [0.3, 0.4) is 0 Å². The minimum absolute atomic E-state index is 0.123. The predicted octanol–water partition coefficient (Wildman–Crippen LogP) is 3.96. The lowest BCUT2D eigenvalue weighted by molar-refractivity contribution is -0.137. The van der Waals surface area contributed by atoms with Gasteiger partial charge in [0.25, 0.3) is 5.91 Å². The maximum Gasteiger partial charge on any atom is 0.416 e. The molecule has 0 aliphatic carbocycles. The summed E-state index contributed by atoms with van der Waals surface area (Å²) in [6, 6.07) is 10.8. The van der Waals surface area contributed by atoms with E-state index in [9.17, 15) is 22.8 Å². The van der Waals surface area contributed by atoms with E-state index >= 15 is 0 Å². The molecule has 0 N–H and O–H groups in total. The zero-order valence-corrected chi connectivity index (χ0v) is 14.0. The Morgan fingerprint density at radius 2 is 1.24 bits per heavy atom. The van der Waals surface area contributed by atoms with Crippen LogP contribution >= 0.6 is 0 Å². The minimum atomic E-state index is -4.44. The molecule has 2 amide bonds. The van der Waals surface area contributed by atoms with E-state index < -0.39 is 17.6 Å². The van der Waals surface area contributed by atoms with Crippen LogP contribution in [-0.4, -0.2) is 25.9 Å². The monoisotopic (exact) mass is 350 g/mol. The quantitative estimate of drug-likeness (QED) is 0.841. The standard InChI is InChI=1S/C18H17F3N2O2/c1-12(24)22(2)15-8-10-16(11-9-15)23(3)17(25)13-4-6-14(7-5-13)18(19,20)21/h4-11H,1-3H3. The van der Waals surface area contributed by atoms with E-state index in [-0.39, 0.29) is 11.5 Å². The average Bonchev–Trinajstić information content (AvgIpc) is 2.59. The highest BCUT2D eigenvalue weighted by atomic mass is 19.4. The Hall–Kier alpha value is -2.83. The molecule has 2 aromatic rings. The highest BCUT2D eigenvalue weighted by Crippen LogP contribution is 2.29. The molecule has 25 heavy (non-hydrogen) atoms. The summed E-state index contributed by atoms with van der Waals surface area (Å²) in [6.07, 6.45) is -4.44. The molecular weight excluding hydrogens is 333 g/mol. The molecule has 2 aromatic carbocycles. The first-order chi connectivity index (χ1) is 11.6. The van der Waals surface area contributed by atoms with Gasteiger partial charge < -0.3 is 9.80 Å². The van der Waals surface area contributed by atoms with Crippen LogP contribution in [0.5, 0.6) is 0 Å². The van der Waals surface area contributed by atoms with Crippen LogP contribution in [0.2, 0.25) is 0 Å². The lowest BCUT2D eigenvalue weighted by atomic mass is 10.1. The Labute approximate surface area is 143 Å². The molecule has 0 saturated carbocycles. The molecule has 7 heteroatoms. The number of hydrogen-bond acceptors (Lipinski definition) is 2. The highest BCUT2D eigenvalue weighted by molar-refractivity contribution is 6.05. The maximum atomic E-state index is 12.6. The van der Waals surface area contributed by atoms with Crippen molar-refractivity contribution in [1.82, 2.24) is 0 Å². The smallest absolute Gasteiger partial charge is 0.316 e. The number of benzene rings is 2. The number of rotatable bonds is 3. The molecule has 0 aliphatic rings. The van der Waals surface area contributed by atoms with Crippen molar-refractivity contribution in [2.45, 2.75) is 13.1 Å². The third-order valence-corrected chi connectivity index (χ3v) is 3.86. The summed E-state index contributed by atoms with van der Waals surface area (Å²) in [7, 11) is 3.16. The third-order valence-electron chi connectivity index (χ3n) is 3.86. The molecule has 0 aliphatic heterocycles. The number of hydrogen-bond donors (Lipinski definition) is 0. The van der Waals surface area contributed by atoms with Crippen molar-refractivity contribution < 1.29 is 22.8 Å². The summed E-state index contributed by atoms with van der Waals surface area (Å²) >= 11 is 0. The molecule has 0 unspecified atom stereocenters. The van der Waals surface area contributed by atoms with E-state index in [2.05, 4.69) is 0 Å². The normalized spacial score (nSPS) is 11.1. The minimum Gasteiger partial charge on any atom is -0.316 e. The fourth-order valence-electron chi connectivity index (χ4n) is 2.19. The lowest BCUT2D eigenvalue weighted by Crippen LogP contribution is -2.26. The van der Waals surface area contributed by atoms with Gasteiger partial charge >= 0.3 is 6.18 Å². The predicted molar refractivity (Wildman–Crippen MR) is 89.7 cm³/mol. The van der Waals surface area contributed by atoms with Crippen molar-refractivity contribution in [3.05, 3.63) is 59.7 Å². The van der Waals surface area contributed by atoms with Crippen molar-refractivity contribution in [3.63, 3.8) is 0 Å². The molecule has 0 spiro atoms. The Balaban J connectivity index is 2.18. The van der Waals surface area contributed by atoms with Crippen molar-refractivity contribution >= 4 is 23.2 Å². The Morgan fingerprint density at radius 1 is 0.800 bits per heavy atom. The number of halogens is 3. The number of anilines is 2. The molecule has 0 bridgehead atoms. The van der Waals surface area contributed by atoms with Gasteiger partial charge in [0.1, 0.15) is 0 Å². The van der Waals surface area contributed by atoms with Crippen LogP contribution in [0.1, 0.15) is 22.8 Å². The molecule has 132 valence electrons. The molecule has 0 atom stereocenters. The Morgan fingerprint density at radius 3 is 1.64 bits per heavy atom. The molecule has 0 fully saturated rings. The largest absolute Gasteiger partial charge is 0.416 e. The summed E-state index contributed by atoms with van der Waals surface area (Å²) in [5, 5.41) is 0. The van der Waals surface area contributed by atoms with Gasteiger partial charge in [-0.25, -0.2) is 0 Å². The van der Waals surface area contributed by atoms with Gasteiger partial charge in [0.15, 0.2) is 0 Å². The van der Waals surface area contributed by atoms with E-state index in [4.69, 9.17) is 0 Å². The maximum absolute atomic E-state index is 12.6. The molecule has 0 saturated heterocycles. The fourth-order valence-corrected chi connectivity index (χ4v) is 2.19. The van der Waals surface area contributed by atoms with Crippen molar-refractivity contribution in [1.29, 1.82) is 0 Å². The number of carbonyl (C=O) groups is 2. The first kappa shape index (κ1) is 18.5. The average molecular weight is 350 g/mol. The van der Waals surface area contributed by atoms with Crippen LogP contribution in [-0.2, 0) is 11.0 Å². The first-order valence-corrected chi connectivity index (χ1v) is 7.41. The van der Waals surface area contributed by atoms with Crippen molar-refractivity contribution in [2.75, 3.05) is 23.9 Å². The molecule has 4 nitrogen and oxygen atoms in total. The zero-order chi connectivity index (χ0) is 18.8. The summed E-state index contributed by atoms with van der Waals surface area (Å²) in [5.41, 5.74) is 0.584. The zero-order valence-electron chi connectivity index (χ0n) is 14.0. The van der Waals surface area contributed by atoms with E-state index in [0.717, 1.165) is 24.3 Å². The van der Waals surface area contributed by atoms with Gasteiger partial charge in [-0.15, -0.1) is 0 Å². The van der Waals surface area contributed by atoms with Gasteiger partial charge in [0.05, 0.1) is 5.56 Å². The molecule has 0 radical (unpaired) electrons. The van der Waals surface area contributed by atoms with Gasteiger partial charge in [-0.1, -0.05) is 0 Å². The van der Waals surface area contributed by atoms with Crippen molar-refractivity contribution in [2.24, 2.45) is 0 Å². The second kappa shape index (κ2) is 6.96. The topological polar surface area (TPSA) is 40.6 Å². The lowest BCUT2D eigenvalue weighted by Gasteiger charge is -2.20. The second-order valence-electron chi connectivity index (χ2n) is 5.53. The first-order valence-electron chi connectivity index (χ1n) is 7.41. The van der Waals surface area contributed by atoms with Crippen LogP contribution in [0.4, 0.5) is 24.5 Å². The van der Waals surface area contributed by atoms with Crippen LogP contribution < -0.4 is 9.80 Å². The van der Waals surface area contributed by atoms with Gasteiger partial charge in [0, 0.05) is 38.0 Å². The Bertz CT molecular complexity index is 768. The number of nitrogens with zero attached hydrogens (tertiary/aromatic N) is 2. The van der Waals surface area contributed by atoms with Gasteiger partial charge in [-0.3, -0.25) is 9.59 Å². The molecule has 0 aromatic heterocycles. The number of carbonyl (C=O) groups excluding carboxylic acids is 2. The van der Waals surface area contributed by atoms with Crippen LogP contribution in [0, 0.1) is 0 Å². The summed E-state index contributed by atoms with van der Waals surface area (Å²) in [4.78, 5) is 26.5. The molecular formula is C18H17F3N2O2. The second-order valence-corrected chi connectivity index (χ2v) is 5.53. The van der Waals surface area contributed by atoms with E-state index in [1.54, 1.807) is 31.3 Å². The van der Waals surface area contributed by atoms with Gasteiger partial charge in [-0.05, 0) is 48.5 Å². The summed E-state index contributed by atoms with van der Waals surface area (Å²) in [6.45, 7) is 1.44. The van der Waals surface area contributed by atoms with E-state index in [1.807, 2.05) is 0 Å². The van der Waals surface area contributed by atoms with Gasteiger partial charge in [-0.2, -0.15) is 13.2 Å². The van der Waals surface area contributed by atoms with Crippen LogP contribution in [0.25, 0.3) is 0 Å². The van der Waals surface area contributed by atoms with E-state index in [1.165, 1.54) is 23.8 Å². The number of alkyl halides is 3. The van der Waals surface area contributed by atoms with Gasteiger partial charge in [0.2, 0.25) is 5.91 Å². The van der Waals surface area contributed by atoms with E-state index in [0.29, 0.717) is 11.4 Å².